The lowest BCUT2D eigenvalue weighted by Gasteiger charge is -2.27. The Morgan fingerprint density at radius 3 is 2.26 bits per heavy atom. The lowest BCUT2D eigenvalue weighted by molar-refractivity contribution is 0.111. The molecular formula is C17H21NO. The molecule has 0 aliphatic carbocycles. The van der Waals surface area contributed by atoms with Crippen LogP contribution in [0.1, 0.15) is 13.8 Å². The van der Waals surface area contributed by atoms with Gasteiger partial charge < -0.3 is 10.1 Å². The molecule has 19 heavy (non-hydrogen) atoms. The second-order valence-corrected chi connectivity index (χ2v) is 5.25. The maximum absolute atomic E-state index is 6.17. The molecule has 2 aromatic carbocycles. The van der Waals surface area contributed by atoms with E-state index in [-0.39, 0.29) is 5.60 Å². The molecule has 2 heteroatoms. The van der Waals surface area contributed by atoms with Gasteiger partial charge >= 0.3 is 0 Å². The van der Waals surface area contributed by atoms with Gasteiger partial charge in [0.25, 0.3) is 0 Å². The van der Waals surface area contributed by atoms with Gasteiger partial charge in [-0.3, -0.25) is 0 Å². The van der Waals surface area contributed by atoms with Crippen LogP contribution in [-0.2, 0) is 0 Å². The van der Waals surface area contributed by atoms with E-state index in [1.54, 1.807) is 0 Å². The van der Waals surface area contributed by atoms with Gasteiger partial charge in [-0.05, 0) is 32.5 Å². The number of nitrogens with one attached hydrogen (secondary N) is 1. The van der Waals surface area contributed by atoms with Gasteiger partial charge in [-0.25, -0.2) is 0 Å². The van der Waals surface area contributed by atoms with E-state index < -0.39 is 0 Å². The fourth-order valence-corrected chi connectivity index (χ4v) is 2.17. The number of hydrogen-bond donors (Lipinski definition) is 1. The zero-order valence-electron chi connectivity index (χ0n) is 11.8. The van der Waals surface area contributed by atoms with Crippen LogP contribution in [0.5, 0.6) is 5.75 Å². The van der Waals surface area contributed by atoms with Crippen LogP contribution in [0, 0.1) is 0 Å². The maximum atomic E-state index is 6.17. The maximum Gasteiger partial charge on any atom is 0.128 e. The van der Waals surface area contributed by atoms with Gasteiger partial charge in [0.2, 0.25) is 0 Å². The van der Waals surface area contributed by atoms with E-state index >= 15 is 0 Å². The molecule has 100 valence electrons. The van der Waals surface area contributed by atoms with Gasteiger partial charge in [-0.1, -0.05) is 48.5 Å². The van der Waals surface area contributed by atoms with Crippen molar-refractivity contribution in [3.63, 3.8) is 0 Å². The Bertz CT molecular complexity index is 520. The largest absolute Gasteiger partial charge is 0.486 e. The number of rotatable bonds is 5. The lowest BCUT2D eigenvalue weighted by Crippen LogP contribution is -2.38. The van der Waals surface area contributed by atoms with Crippen LogP contribution in [0.2, 0.25) is 0 Å². The van der Waals surface area contributed by atoms with Crippen LogP contribution in [-0.4, -0.2) is 19.2 Å². The zero-order chi connectivity index (χ0) is 13.7. The van der Waals surface area contributed by atoms with E-state index in [0.717, 1.165) is 17.9 Å². The van der Waals surface area contributed by atoms with E-state index in [9.17, 15) is 0 Å². The summed E-state index contributed by atoms with van der Waals surface area (Å²) in [7, 11) is 1.94. The summed E-state index contributed by atoms with van der Waals surface area (Å²) in [6.45, 7) is 4.98. The van der Waals surface area contributed by atoms with Gasteiger partial charge in [0, 0.05) is 12.1 Å². The first-order chi connectivity index (χ1) is 9.12. The molecule has 0 atom stereocenters. The number of likely N-dealkylation sites (N-methyl/N-ethyl adjacent to an activating group) is 1. The van der Waals surface area contributed by atoms with Crippen molar-refractivity contribution in [3.8, 4) is 16.9 Å². The second-order valence-electron chi connectivity index (χ2n) is 5.25. The standard InChI is InChI=1S/C17H21NO/c1-17(2,13-18-3)19-16-12-8-7-11-15(16)14-9-5-4-6-10-14/h4-12,18H,13H2,1-3H3. The van der Waals surface area contributed by atoms with E-state index in [1.807, 2.05) is 43.4 Å². The average Bonchev–Trinajstić information content (AvgIpc) is 2.40. The van der Waals surface area contributed by atoms with E-state index in [2.05, 4.69) is 37.4 Å². The van der Waals surface area contributed by atoms with Crippen LogP contribution in [0.3, 0.4) is 0 Å². The van der Waals surface area contributed by atoms with Crippen LogP contribution >= 0.6 is 0 Å². The summed E-state index contributed by atoms with van der Waals surface area (Å²) in [5, 5.41) is 3.16. The van der Waals surface area contributed by atoms with Crippen molar-refractivity contribution in [1.82, 2.24) is 5.32 Å². The third-order valence-corrected chi connectivity index (χ3v) is 2.96. The molecular weight excluding hydrogens is 234 g/mol. The van der Waals surface area contributed by atoms with Gasteiger partial charge in [-0.2, -0.15) is 0 Å². The molecule has 0 spiro atoms. The SMILES string of the molecule is CNCC(C)(C)Oc1ccccc1-c1ccccc1. The molecule has 0 aromatic heterocycles. The highest BCUT2D eigenvalue weighted by Crippen LogP contribution is 2.31. The average molecular weight is 255 g/mol. The van der Waals surface area contributed by atoms with Crippen LogP contribution in [0.4, 0.5) is 0 Å². The smallest absolute Gasteiger partial charge is 0.128 e. The molecule has 0 unspecified atom stereocenters. The molecule has 0 aliphatic rings. The molecule has 0 aliphatic heterocycles. The highest BCUT2D eigenvalue weighted by molar-refractivity contribution is 5.70. The van der Waals surface area contributed by atoms with Crippen molar-refractivity contribution in [2.45, 2.75) is 19.4 Å². The Hall–Kier alpha value is -1.80. The number of benzene rings is 2. The zero-order valence-corrected chi connectivity index (χ0v) is 11.8. The minimum absolute atomic E-state index is 0.236. The summed E-state index contributed by atoms with van der Waals surface area (Å²) in [6, 6.07) is 18.5. The lowest BCUT2D eigenvalue weighted by atomic mass is 10.0. The van der Waals surface area contributed by atoms with Gasteiger partial charge in [0.05, 0.1) is 0 Å². The minimum Gasteiger partial charge on any atom is -0.486 e. The number of hydrogen-bond acceptors (Lipinski definition) is 2. The summed E-state index contributed by atoms with van der Waals surface area (Å²) in [4.78, 5) is 0. The van der Waals surface area contributed by atoms with Crippen molar-refractivity contribution in [2.24, 2.45) is 0 Å². The van der Waals surface area contributed by atoms with Gasteiger partial charge in [0.15, 0.2) is 0 Å². The molecule has 0 saturated carbocycles. The third-order valence-electron chi connectivity index (χ3n) is 2.96. The van der Waals surface area contributed by atoms with Crippen molar-refractivity contribution in [2.75, 3.05) is 13.6 Å². The van der Waals surface area contributed by atoms with E-state index in [0.29, 0.717) is 0 Å². The monoisotopic (exact) mass is 255 g/mol. The van der Waals surface area contributed by atoms with Crippen LogP contribution < -0.4 is 10.1 Å². The first kappa shape index (κ1) is 13.6. The predicted octanol–water partition coefficient (Wildman–Crippen LogP) is 3.73. The fourth-order valence-electron chi connectivity index (χ4n) is 2.17. The summed E-state index contributed by atoms with van der Waals surface area (Å²) in [5.41, 5.74) is 2.07. The van der Waals surface area contributed by atoms with Crippen LogP contribution in [0.15, 0.2) is 54.6 Å². The van der Waals surface area contributed by atoms with E-state index in [1.165, 1.54) is 5.56 Å². The minimum atomic E-state index is -0.236. The molecule has 2 nitrogen and oxygen atoms in total. The van der Waals surface area contributed by atoms with Crippen molar-refractivity contribution >= 4 is 0 Å². The summed E-state index contributed by atoms with van der Waals surface area (Å²) < 4.78 is 6.17. The second kappa shape index (κ2) is 5.89. The Morgan fingerprint density at radius 1 is 0.947 bits per heavy atom. The normalized spacial score (nSPS) is 11.3. The fraction of sp³-hybridized carbons (Fsp3) is 0.294. The number of ether oxygens (including phenoxy) is 1. The van der Waals surface area contributed by atoms with Gasteiger partial charge in [0.1, 0.15) is 11.4 Å². The summed E-state index contributed by atoms with van der Waals surface area (Å²) in [5.74, 6) is 0.925. The molecule has 0 heterocycles. The third kappa shape index (κ3) is 3.58. The summed E-state index contributed by atoms with van der Waals surface area (Å²) >= 11 is 0. The molecule has 1 N–H and O–H groups in total. The first-order valence-corrected chi connectivity index (χ1v) is 6.60. The van der Waals surface area contributed by atoms with Crippen LogP contribution in [0.25, 0.3) is 11.1 Å². The van der Waals surface area contributed by atoms with Crippen molar-refractivity contribution in [3.05, 3.63) is 54.6 Å². The molecule has 0 radical (unpaired) electrons. The quantitative estimate of drug-likeness (QED) is 0.879. The molecule has 0 fully saturated rings. The molecule has 0 saturated heterocycles. The highest BCUT2D eigenvalue weighted by atomic mass is 16.5. The predicted molar refractivity (Wildman–Crippen MR) is 80.5 cm³/mol. The Balaban J connectivity index is 2.32. The topological polar surface area (TPSA) is 21.3 Å². The van der Waals surface area contributed by atoms with Crippen molar-refractivity contribution < 1.29 is 4.74 Å². The Kier molecular flexibility index (Phi) is 4.23. The molecule has 2 rings (SSSR count). The first-order valence-electron chi connectivity index (χ1n) is 6.60. The summed E-state index contributed by atoms with van der Waals surface area (Å²) in [6.07, 6.45) is 0. The Labute approximate surface area is 115 Å². The van der Waals surface area contributed by atoms with Gasteiger partial charge in [-0.15, -0.1) is 0 Å². The van der Waals surface area contributed by atoms with Crippen molar-refractivity contribution in [1.29, 1.82) is 0 Å². The van der Waals surface area contributed by atoms with E-state index in [4.69, 9.17) is 4.74 Å². The highest BCUT2D eigenvalue weighted by Gasteiger charge is 2.20. The molecule has 0 bridgehead atoms. The molecule has 0 amide bonds. The number of para-hydroxylation sites is 1. The Morgan fingerprint density at radius 2 is 1.58 bits per heavy atom. The molecule has 2 aromatic rings.